The second-order valence-electron chi connectivity index (χ2n) is 20.2. The number of ether oxygens (including phenoxy) is 4. The fourth-order valence-corrected chi connectivity index (χ4v) is 11.4. The number of likely N-dealkylation sites (N-methyl/N-ethyl adjacent to an activating group) is 1. The fourth-order valence-electron chi connectivity index (χ4n) is 10.6. The SMILES string of the molecule is CCC(=O)N=C1[C@H](C)C[C@@H]2C3O[C@@]2(C)[C@H](O[C@@H]2O[C@H](C)C[C@H](N(C)C)[C@H]2O)[C@@H](C)C(=O)[C@](C)(F)C(=O)O[C@H](CC)[C@@](C)(O)[C@H](CC/C3=N\OCc2ccc(-c3nc(NC(=O)[C@H](C)N)cs3)cn2)[C@H]1C. The number of hydrogen-bond donors (Lipinski definition) is 4. The molecule has 0 spiro atoms. The van der Waals surface area contributed by atoms with Gasteiger partial charge in [0.25, 0.3) is 5.67 Å². The number of aliphatic imine (C=N–C) groups is 1. The molecular formula is C49H72FN7O11S. The Hall–Kier alpha value is -4.15. The van der Waals surface area contributed by atoms with Crippen molar-refractivity contribution >= 4 is 52.1 Å². The number of carbonyl (C=O) groups excluding carboxylic acids is 4. The van der Waals surface area contributed by atoms with E-state index in [1.807, 2.05) is 45.8 Å². The lowest BCUT2D eigenvalue weighted by Gasteiger charge is -2.59. The molecule has 16 atom stereocenters. The van der Waals surface area contributed by atoms with Crippen LogP contribution in [0.15, 0.2) is 33.9 Å². The molecule has 18 nitrogen and oxygen atoms in total. The number of halogens is 1. The summed E-state index contributed by atoms with van der Waals surface area (Å²) in [5.74, 6) is -6.63. The van der Waals surface area contributed by atoms with Gasteiger partial charge in [0.2, 0.25) is 11.8 Å². The molecule has 20 heteroatoms. The first-order chi connectivity index (χ1) is 32.3. The van der Waals surface area contributed by atoms with Crippen LogP contribution in [0.4, 0.5) is 10.2 Å². The van der Waals surface area contributed by atoms with E-state index < -0.39 is 101 Å². The number of oxime groups is 1. The molecule has 1 saturated carbocycles. The first-order valence-electron chi connectivity index (χ1n) is 24.1. The molecule has 2 amide bonds. The highest BCUT2D eigenvalue weighted by atomic mass is 32.1. The molecule has 2 aromatic rings. The number of aliphatic hydroxyl groups excluding tert-OH is 1. The van der Waals surface area contributed by atoms with Gasteiger partial charge in [-0.25, -0.2) is 19.2 Å². The molecule has 0 aromatic carbocycles. The minimum atomic E-state index is -3.20. The number of aliphatic hydroxyl groups is 2. The van der Waals surface area contributed by atoms with E-state index >= 15 is 4.39 Å². The van der Waals surface area contributed by atoms with Crippen LogP contribution < -0.4 is 11.1 Å². The number of nitrogens with one attached hydrogen (secondary N) is 1. The van der Waals surface area contributed by atoms with Gasteiger partial charge < -0.3 is 49.9 Å². The summed E-state index contributed by atoms with van der Waals surface area (Å²) in [5, 5.41) is 34.1. The van der Waals surface area contributed by atoms with Crippen LogP contribution in [-0.2, 0) is 49.6 Å². The molecule has 5 aliphatic heterocycles. The summed E-state index contributed by atoms with van der Waals surface area (Å²) >= 11 is 1.33. The van der Waals surface area contributed by atoms with Gasteiger partial charge in [-0.2, -0.15) is 0 Å². The van der Waals surface area contributed by atoms with E-state index in [0.717, 1.165) is 6.92 Å². The van der Waals surface area contributed by atoms with Crippen LogP contribution in [-0.4, -0.2) is 140 Å². The Morgan fingerprint density at radius 3 is 2.43 bits per heavy atom. The lowest BCUT2D eigenvalue weighted by Crippen LogP contribution is -2.71. The number of nitrogens with two attached hydrogens (primary N) is 1. The largest absolute Gasteiger partial charge is 0.457 e. The van der Waals surface area contributed by atoms with Crippen molar-refractivity contribution in [2.45, 2.75) is 180 Å². The lowest BCUT2D eigenvalue weighted by molar-refractivity contribution is -0.338. The average molecular weight is 986 g/mol. The maximum Gasteiger partial charge on any atom is 0.351 e. The van der Waals surface area contributed by atoms with Crippen molar-refractivity contribution in [3.63, 3.8) is 0 Å². The molecule has 5 saturated heterocycles. The number of nitrogens with zero attached hydrogens (tertiary/aromatic N) is 5. The lowest BCUT2D eigenvalue weighted by atomic mass is 9.62. The van der Waals surface area contributed by atoms with Crippen molar-refractivity contribution < 1.29 is 57.6 Å². The molecule has 6 aliphatic rings. The molecule has 382 valence electrons. The van der Waals surface area contributed by atoms with Gasteiger partial charge in [-0.3, -0.25) is 19.4 Å². The summed E-state index contributed by atoms with van der Waals surface area (Å²) in [6.07, 6.45) is -3.22. The van der Waals surface area contributed by atoms with E-state index in [9.17, 15) is 29.4 Å². The van der Waals surface area contributed by atoms with Crippen LogP contribution in [0.1, 0.15) is 113 Å². The first kappa shape index (κ1) is 54.2. The number of anilines is 1. The van der Waals surface area contributed by atoms with Crippen molar-refractivity contribution in [2.75, 3.05) is 19.4 Å². The zero-order valence-electron chi connectivity index (χ0n) is 41.9. The molecule has 4 bridgehead atoms. The van der Waals surface area contributed by atoms with Crippen molar-refractivity contribution in [3.05, 3.63) is 29.4 Å². The predicted molar refractivity (Wildman–Crippen MR) is 257 cm³/mol. The van der Waals surface area contributed by atoms with Gasteiger partial charge in [0.1, 0.15) is 34.7 Å². The normalized spacial score (nSPS) is 38.3. The number of ketones is 1. The topological polar surface area (TPSA) is 247 Å². The van der Waals surface area contributed by atoms with Crippen LogP contribution in [0, 0.1) is 29.6 Å². The van der Waals surface area contributed by atoms with Crippen LogP contribution in [0.3, 0.4) is 0 Å². The Bertz CT molecular complexity index is 2240. The number of rotatable bonds is 11. The molecule has 0 radical (unpaired) electrons. The zero-order valence-corrected chi connectivity index (χ0v) is 42.7. The van der Waals surface area contributed by atoms with Crippen LogP contribution in [0.5, 0.6) is 0 Å². The molecule has 5 N–H and O–H groups in total. The van der Waals surface area contributed by atoms with E-state index in [1.54, 1.807) is 45.3 Å². The Labute approximate surface area is 408 Å². The number of alkyl halides is 1. The number of carbonyl (C=O) groups is 4. The summed E-state index contributed by atoms with van der Waals surface area (Å²) in [6, 6.07) is 2.52. The van der Waals surface area contributed by atoms with E-state index in [0.29, 0.717) is 46.3 Å². The van der Waals surface area contributed by atoms with E-state index in [4.69, 9.17) is 34.7 Å². The van der Waals surface area contributed by atoms with E-state index in [1.165, 1.54) is 25.2 Å². The van der Waals surface area contributed by atoms with Crippen molar-refractivity contribution in [1.82, 2.24) is 14.9 Å². The minimum Gasteiger partial charge on any atom is -0.457 e. The highest BCUT2D eigenvalue weighted by Gasteiger charge is 2.64. The Kier molecular flexibility index (Phi) is 17.0. The zero-order chi connectivity index (χ0) is 50.9. The number of amides is 2. The number of pyridine rings is 1. The Morgan fingerprint density at radius 2 is 1.81 bits per heavy atom. The molecule has 7 heterocycles. The molecule has 1 aliphatic carbocycles. The van der Waals surface area contributed by atoms with Gasteiger partial charge in [0, 0.05) is 53.1 Å². The Morgan fingerprint density at radius 1 is 1.10 bits per heavy atom. The Balaban J connectivity index is 1.44. The molecule has 1 unspecified atom stereocenters. The molecule has 8 rings (SSSR count). The summed E-state index contributed by atoms with van der Waals surface area (Å²) in [5.41, 5.74) is 1.49. The number of hydrogen-bond acceptors (Lipinski definition) is 17. The number of esters is 1. The van der Waals surface area contributed by atoms with Crippen LogP contribution in [0.25, 0.3) is 10.6 Å². The summed E-state index contributed by atoms with van der Waals surface area (Å²) in [7, 11) is 3.66. The third-order valence-electron chi connectivity index (χ3n) is 14.8. The van der Waals surface area contributed by atoms with Gasteiger partial charge in [0.05, 0.1) is 35.3 Å². The standard InChI is InChI=1S/C49H72FN7O11S/c1-13-35-48(9,63)31-17-18-33(56-64-22-30-16-15-29(21-52-30)44-54-36(23-69-44)53-43(61)28(7)51)40-32(19-24(3)38(26(31)5)55-37(58)14-2)49(10,68-40)42(27(6)41(60)47(8,50)46(62)66-35)67-45-39(59)34(57(11)12)20-25(4)65-45/h15-16,21,23-28,31-32,34-35,39-40,42,45,59,63H,13-14,17-20,22,51H2,1-12H3,(H,53,61)/b55-38?,56-33+/t24-,25-,26-,27+,28+,31-,32-,34+,35-,39-,40?,42-,45+,47+,48+,49-/m1/s1. The van der Waals surface area contributed by atoms with Gasteiger partial charge in [-0.15, -0.1) is 11.3 Å². The maximum atomic E-state index is 17.1. The second-order valence-corrected chi connectivity index (χ2v) is 21.1. The van der Waals surface area contributed by atoms with Crippen molar-refractivity contribution in [3.8, 4) is 10.6 Å². The van der Waals surface area contributed by atoms with Crippen molar-refractivity contribution in [2.24, 2.45) is 45.5 Å². The predicted octanol–water partition coefficient (Wildman–Crippen LogP) is 5.42. The van der Waals surface area contributed by atoms with Gasteiger partial charge in [-0.1, -0.05) is 39.8 Å². The third kappa shape index (κ3) is 11.3. The number of Topliss-reactive ketones (excluding diaryl/α,β-unsaturated/α-hetero) is 1. The summed E-state index contributed by atoms with van der Waals surface area (Å²) in [6.45, 7) is 16.2. The van der Waals surface area contributed by atoms with Gasteiger partial charge in [0.15, 0.2) is 18.7 Å². The van der Waals surface area contributed by atoms with Crippen molar-refractivity contribution in [1.29, 1.82) is 0 Å². The van der Waals surface area contributed by atoms with E-state index in [2.05, 4.69) is 20.3 Å². The number of thiazole rings is 1. The smallest absolute Gasteiger partial charge is 0.351 e. The first-order valence-corrected chi connectivity index (χ1v) is 25.0. The third-order valence-corrected chi connectivity index (χ3v) is 15.6. The summed E-state index contributed by atoms with van der Waals surface area (Å²) < 4.78 is 42.9. The molecule has 69 heavy (non-hydrogen) atoms. The second kappa shape index (κ2) is 21.7. The van der Waals surface area contributed by atoms with Gasteiger partial charge >= 0.3 is 5.97 Å². The summed E-state index contributed by atoms with van der Waals surface area (Å²) in [4.78, 5) is 75.7. The molecular weight excluding hydrogens is 914 g/mol. The number of aromatic nitrogens is 2. The maximum absolute atomic E-state index is 17.1. The van der Waals surface area contributed by atoms with Gasteiger partial charge in [-0.05, 0) is 105 Å². The average Bonchev–Trinajstić information content (AvgIpc) is 3.77. The van der Waals surface area contributed by atoms with E-state index in [-0.39, 0.29) is 50.2 Å². The van der Waals surface area contributed by atoms with Crippen LogP contribution >= 0.6 is 11.3 Å². The fraction of sp³-hybridized carbons (Fsp3) is 0.714. The highest BCUT2D eigenvalue weighted by molar-refractivity contribution is 7.13. The monoisotopic (exact) mass is 985 g/mol. The minimum absolute atomic E-state index is 0.0434. The van der Waals surface area contributed by atoms with Crippen LogP contribution in [0.2, 0.25) is 0 Å². The molecule has 6 fully saturated rings. The highest BCUT2D eigenvalue weighted by Crippen LogP contribution is 2.52. The molecule has 2 aromatic heterocycles. The number of fused-ring (bicyclic) bond motifs is 3. The quantitative estimate of drug-likeness (QED) is 0.125.